The first-order valence-electron chi connectivity index (χ1n) is 6.44. The number of methoxy groups -OCH3 is 2. The van der Waals surface area contributed by atoms with Crippen molar-refractivity contribution in [1.82, 2.24) is 0 Å². The molecule has 0 aliphatic rings. The molecule has 0 amide bonds. The summed E-state index contributed by atoms with van der Waals surface area (Å²) >= 11 is 3.34. The van der Waals surface area contributed by atoms with Crippen LogP contribution >= 0.6 is 15.9 Å². The smallest absolute Gasteiger partial charge is 0.189 e. The van der Waals surface area contributed by atoms with Gasteiger partial charge in [0.05, 0.1) is 24.3 Å². The maximum Gasteiger partial charge on any atom is 0.189 e. The quantitative estimate of drug-likeness (QED) is 0.578. The predicted octanol–water partition coefficient (Wildman–Crippen LogP) is 4.50. The van der Waals surface area contributed by atoms with Crippen molar-refractivity contribution in [2.24, 2.45) is 0 Å². The van der Waals surface area contributed by atoms with Gasteiger partial charge in [-0.2, -0.15) is 0 Å². The Labute approximate surface area is 136 Å². The van der Waals surface area contributed by atoms with Crippen LogP contribution in [0.25, 0.3) is 6.08 Å². The lowest BCUT2D eigenvalue weighted by molar-refractivity contribution is 0.104. The van der Waals surface area contributed by atoms with E-state index in [2.05, 4.69) is 15.9 Å². The molecule has 22 heavy (non-hydrogen) atoms. The van der Waals surface area contributed by atoms with Gasteiger partial charge in [-0.05, 0) is 45.8 Å². The fraction of sp³-hybridized carbons (Fsp3) is 0.118. The van der Waals surface area contributed by atoms with E-state index in [1.165, 1.54) is 32.4 Å². The molecule has 2 aromatic rings. The first-order valence-corrected chi connectivity index (χ1v) is 7.24. The van der Waals surface area contributed by atoms with E-state index in [4.69, 9.17) is 9.47 Å². The third-order valence-electron chi connectivity index (χ3n) is 3.04. The van der Waals surface area contributed by atoms with Crippen LogP contribution in [0.5, 0.6) is 11.5 Å². The van der Waals surface area contributed by atoms with Gasteiger partial charge in [-0.25, -0.2) is 4.39 Å². The number of halogens is 2. The minimum atomic E-state index is -0.316. The maximum atomic E-state index is 12.8. The summed E-state index contributed by atoms with van der Waals surface area (Å²) in [7, 11) is 3.03. The first kappa shape index (κ1) is 16.2. The summed E-state index contributed by atoms with van der Waals surface area (Å²) in [5.41, 5.74) is 1.15. The van der Waals surface area contributed by atoms with Gasteiger partial charge in [-0.15, -0.1) is 0 Å². The maximum absolute atomic E-state index is 12.8. The summed E-state index contributed by atoms with van der Waals surface area (Å²) in [5.74, 6) is 0.471. The number of benzene rings is 2. The Morgan fingerprint density at radius 2 is 1.73 bits per heavy atom. The van der Waals surface area contributed by atoms with Crippen LogP contribution in [0.2, 0.25) is 0 Å². The van der Waals surface area contributed by atoms with Gasteiger partial charge in [-0.1, -0.05) is 18.2 Å². The molecular formula is C17H14BrFO3. The Bertz CT molecular complexity index is 709. The van der Waals surface area contributed by atoms with Gasteiger partial charge in [-0.3, -0.25) is 4.79 Å². The van der Waals surface area contributed by atoms with E-state index in [1.54, 1.807) is 30.3 Å². The highest BCUT2D eigenvalue weighted by Crippen LogP contribution is 2.33. The molecule has 0 aromatic heterocycles. The number of carbonyl (C=O) groups is 1. The topological polar surface area (TPSA) is 35.5 Å². The Kier molecular flexibility index (Phi) is 5.33. The lowest BCUT2D eigenvalue weighted by atomic mass is 10.1. The molecule has 0 fully saturated rings. The van der Waals surface area contributed by atoms with Crippen molar-refractivity contribution in [2.75, 3.05) is 14.2 Å². The van der Waals surface area contributed by atoms with Crippen LogP contribution in [-0.2, 0) is 0 Å². The summed E-state index contributed by atoms with van der Waals surface area (Å²) in [4.78, 5) is 12.3. The van der Waals surface area contributed by atoms with Crippen molar-refractivity contribution in [3.8, 4) is 11.5 Å². The average molecular weight is 365 g/mol. The molecule has 0 unspecified atom stereocenters. The number of ketones is 1. The third-order valence-corrected chi connectivity index (χ3v) is 3.66. The van der Waals surface area contributed by atoms with Crippen LogP contribution in [-0.4, -0.2) is 20.0 Å². The number of carbonyl (C=O) groups excluding carboxylic acids is 1. The number of ether oxygens (including phenoxy) is 2. The van der Waals surface area contributed by atoms with Crippen molar-refractivity contribution in [3.05, 3.63) is 63.9 Å². The van der Waals surface area contributed by atoms with Crippen molar-refractivity contribution >= 4 is 27.8 Å². The number of hydrogen-bond acceptors (Lipinski definition) is 3. The Morgan fingerprint density at radius 3 is 2.32 bits per heavy atom. The van der Waals surface area contributed by atoms with E-state index in [1.807, 2.05) is 0 Å². The fourth-order valence-electron chi connectivity index (χ4n) is 1.89. The molecule has 2 aromatic carbocycles. The van der Waals surface area contributed by atoms with Crippen LogP contribution in [0, 0.1) is 5.82 Å². The summed E-state index contributed by atoms with van der Waals surface area (Å²) in [6.45, 7) is 0. The lowest BCUT2D eigenvalue weighted by Gasteiger charge is -2.10. The molecule has 2 rings (SSSR count). The Hall–Kier alpha value is -2.14. The highest BCUT2D eigenvalue weighted by Gasteiger charge is 2.14. The molecule has 0 aliphatic carbocycles. The molecule has 0 atom stereocenters. The highest BCUT2D eigenvalue weighted by atomic mass is 79.9. The zero-order chi connectivity index (χ0) is 16.1. The predicted molar refractivity (Wildman–Crippen MR) is 87.0 cm³/mol. The molecule has 0 saturated carbocycles. The molecule has 5 heteroatoms. The SMILES string of the molecule is COc1cc(OC)c(C(=O)/C=C/c2ccc(F)cc2)cc1Br. The molecule has 0 spiro atoms. The van der Waals surface area contributed by atoms with Crippen molar-refractivity contribution in [3.63, 3.8) is 0 Å². The van der Waals surface area contributed by atoms with Crippen LogP contribution in [0.3, 0.4) is 0 Å². The Balaban J connectivity index is 2.29. The van der Waals surface area contributed by atoms with Gasteiger partial charge < -0.3 is 9.47 Å². The second kappa shape index (κ2) is 7.22. The molecule has 114 valence electrons. The normalized spacial score (nSPS) is 10.7. The van der Waals surface area contributed by atoms with Crippen LogP contribution < -0.4 is 9.47 Å². The first-order chi connectivity index (χ1) is 10.5. The third kappa shape index (κ3) is 3.74. The van der Waals surface area contributed by atoms with Crippen molar-refractivity contribution in [2.45, 2.75) is 0 Å². The molecule has 0 N–H and O–H groups in total. The largest absolute Gasteiger partial charge is 0.496 e. The Morgan fingerprint density at radius 1 is 1.09 bits per heavy atom. The monoisotopic (exact) mass is 364 g/mol. The summed E-state index contributed by atoms with van der Waals surface area (Å²) in [5, 5.41) is 0. The molecule has 0 bridgehead atoms. The molecular weight excluding hydrogens is 351 g/mol. The zero-order valence-corrected chi connectivity index (χ0v) is 13.7. The molecule has 0 heterocycles. The summed E-state index contributed by atoms with van der Waals surface area (Å²) in [6, 6.07) is 9.17. The second-order valence-corrected chi connectivity index (χ2v) is 5.29. The molecule has 0 aliphatic heterocycles. The van der Waals surface area contributed by atoms with E-state index >= 15 is 0 Å². The van der Waals surface area contributed by atoms with E-state index in [9.17, 15) is 9.18 Å². The van der Waals surface area contributed by atoms with Crippen LogP contribution in [0.4, 0.5) is 4.39 Å². The van der Waals surface area contributed by atoms with Crippen LogP contribution in [0.15, 0.2) is 46.9 Å². The van der Waals surface area contributed by atoms with Gasteiger partial charge in [0, 0.05) is 6.07 Å². The lowest BCUT2D eigenvalue weighted by Crippen LogP contribution is -2.00. The number of rotatable bonds is 5. The van der Waals surface area contributed by atoms with Crippen molar-refractivity contribution < 1.29 is 18.7 Å². The molecule has 0 radical (unpaired) electrons. The molecule has 0 saturated heterocycles. The van der Waals surface area contributed by atoms with Gasteiger partial charge in [0.1, 0.15) is 17.3 Å². The number of allylic oxidation sites excluding steroid dienone is 1. The minimum absolute atomic E-state index is 0.218. The number of hydrogen-bond donors (Lipinski definition) is 0. The summed E-state index contributed by atoms with van der Waals surface area (Å²) in [6.07, 6.45) is 3.04. The zero-order valence-electron chi connectivity index (χ0n) is 12.1. The average Bonchev–Trinajstić information content (AvgIpc) is 2.53. The van der Waals surface area contributed by atoms with Gasteiger partial charge >= 0.3 is 0 Å². The highest BCUT2D eigenvalue weighted by molar-refractivity contribution is 9.10. The van der Waals surface area contributed by atoms with E-state index in [0.29, 0.717) is 21.5 Å². The van der Waals surface area contributed by atoms with Crippen molar-refractivity contribution in [1.29, 1.82) is 0 Å². The van der Waals surface area contributed by atoms with Crippen LogP contribution in [0.1, 0.15) is 15.9 Å². The minimum Gasteiger partial charge on any atom is -0.496 e. The van der Waals surface area contributed by atoms with E-state index in [-0.39, 0.29) is 11.6 Å². The van der Waals surface area contributed by atoms with Gasteiger partial charge in [0.2, 0.25) is 0 Å². The van der Waals surface area contributed by atoms with Gasteiger partial charge in [0.15, 0.2) is 5.78 Å². The van der Waals surface area contributed by atoms with E-state index < -0.39 is 0 Å². The second-order valence-electron chi connectivity index (χ2n) is 4.44. The fourth-order valence-corrected chi connectivity index (χ4v) is 2.39. The van der Waals surface area contributed by atoms with Gasteiger partial charge in [0.25, 0.3) is 0 Å². The van der Waals surface area contributed by atoms with E-state index in [0.717, 1.165) is 5.56 Å². The standard InChI is InChI=1S/C17H14BrFO3/c1-21-16-10-17(22-2)14(18)9-13(16)15(20)8-5-11-3-6-12(19)7-4-11/h3-10H,1-2H3/b8-5+. The molecule has 3 nitrogen and oxygen atoms in total. The summed E-state index contributed by atoms with van der Waals surface area (Å²) < 4.78 is 23.9.